The zero-order valence-corrected chi connectivity index (χ0v) is 17.1. The van der Waals surface area contributed by atoms with E-state index in [9.17, 15) is 0 Å². The Balaban J connectivity index is 1.42. The summed E-state index contributed by atoms with van der Waals surface area (Å²) < 4.78 is 7.87. The van der Waals surface area contributed by atoms with Gasteiger partial charge in [-0.15, -0.1) is 10.2 Å². The molecule has 1 saturated carbocycles. The normalized spacial score (nSPS) is 21.2. The molecule has 0 bridgehead atoms. The quantitative estimate of drug-likeness (QED) is 0.604. The van der Waals surface area contributed by atoms with Gasteiger partial charge in [0.2, 0.25) is 5.88 Å². The van der Waals surface area contributed by atoms with E-state index in [4.69, 9.17) is 10.00 Å². The lowest BCUT2D eigenvalue weighted by Crippen LogP contribution is -2.12. The van der Waals surface area contributed by atoms with Crippen LogP contribution in [-0.2, 0) is 7.05 Å². The van der Waals surface area contributed by atoms with Crippen LogP contribution in [0.5, 0.6) is 5.88 Å². The minimum atomic E-state index is 0.284. The van der Waals surface area contributed by atoms with Crippen LogP contribution in [0.4, 0.5) is 5.82 Å². The van der Waals surface area contributed by atoms with Crippen LogP contribution in [0.15, 0.2) is 35.7 Å². The minimum absolute atomic E-state index is 0.284. The lowest BCUT2D eigenvalue weighted by Gasteiger charge is -2.16. The van der Waals surface area contributed by atoms with E-state index in [1.165, 1.54) is 12.4 Å². The SMILES string of the molecule is CCC1CC(COc2cnc(C#N)cn2)CC1c1nnc(C=Nc2ccc[nH]2)n1C. The Kier molecular flexibility index (Phi) is 5.84. The first-order valence-electron chi connectivity index (χ1n) is 10.1. The first-order valence-corrected chi connectivity index (χ1v) is 10.1. The van der Waals surface area contributed by atoms with Crippen LogP contribution < -0.4 is 4.74 Å². The predicted octanol–water partition coefficient (Wildman–Crippen LogP) is 3.15. The van der Waals surface area contributed by atoms with Gasteiger partial charge in [-0.3, -0.25) is 0 Å². The van der Waals surface area contributed by atoms with Crippen LogP contribution in [0.1, 0.15) is 49.4 Å². The molecule has 4 rings (SSSR count). The molecule has 1 fully saturated rings. The van der Waals surface area contributed by atoms with Gasteiger partial charge < -0.3 is 14.3 Å². The molecule has 0 spiro atoms. The molecule has 0 aliphatic heterocycles. The average Bonchev–Trinajstić information content (AvgIpc) is 3.51. The Morgan fingerprint density at radius 3 is 2.93 bits per heavy atom. The third kappa shape index (κ3) is 4.22. The first kappa shape index (κ1) is 19.8. The third-order valence-electron chi connectivity index (χ3n) is 5.70. The Hall–Kier alpha value is -3.54. The summed E-state index contributed by atoms with van der Waals surface area (Å²) in [6.07, 6.45) is 9.65. The average molecular weight is 404 g/mol. The summed E-state index contributed by atoms with van der Waals surface area (Å²) in [5.41, 5.74) is 0.284. The van der Waals surface area contributed by atoms with Crippen LogP contribution in [-0.4, -0.2) is 42.5 Å². The first-order chi connectivity index (χ1) is 14.7. The molecule has 3 aromatic rings. The van der Waals surface area contributed by atoms with Gasteiger partial charge in [0, 0.05) is 19.2 Å². The summed E-state index contributed by atoms with van der Waals surface area (Å²) in [5, 5.41) is 17.6. The van der Waals surface area contributed by atoms with E-state index in [1.807, 2.05) is 36.0 Å². The number of aromatic nitrogens is 6. The molecule has 3 unspecified atom stereocenters. The topological polar surface area (TPSA) is 118 Å². The number of nitrogens with zero attached hydrogens (tertiary/aromatic N) is 7. The molecule has 3 heterocycles. The number of nitriles is 1. The number of hydrogen-bond acceptors (Lipinski definition) is 7. The number of hydrogen-bond donors (Lipinski definition) is 1. The molecule has 3 aromatic heterocycles. The fourth-order valence-electron chi connectivity index (χ4n) is 4.11. The Labute approximate surface area is 174 Å². The Morgan fingerprint density at radius 2 is 2.23 bits per heavy atom. The molecular formula is C21H24N8O. The molecule has 3 atom stereocenters. The second kappa shape index (κ2) is 8.86. The van der Waals surface area contributed by atoms with Crippen molar-refractivity contribution < 1.29 is 4.74 Å². The van der Waals surface area contributed by atoms with Crippen LogP contribution in [0, 0.1) is 23.2 Å². The van der Waals surface area contributed by atoms with Crippen molar-refractivity contribution in [2.75, 3.05) is 6.61 Å². The lowest BCUT2D eigenvalue weighted by molar-refractivity contribution is 0.238. The summed E-state index contributed by atoms with van der Waals surface area (Å²) in [4.78, 5) is 15.6. The van der Waals surface area contributed by atoms with Crippen molar-refractivity contribution in [3.05, 3.63) is 48.1 Å². The van der Waals surface area contributed by atoms with Crippen molar-refractivity contribution in [1.82, 2.24) is 29.7 Å². The maximum absolute atomic E-state index is 8.81. The summed E-state index contributed by atoms with van der Waals surface area (Å²) in [6, 6.07) is 5.77. The van der Waals surface area contributed by atoms with Gasteiger partial charge in [0.05, 0.1) is 25.2 Å². The Morgan fingerprint density at radius 1 is 1.33 bits per heavy atom. The lowest BCUT2D eigenvalue weighted by atomic mass is 9.93. The van der Waals surface area contributed by atoms with Gasteiger partial charge in [0.15, 0.2) is 11.5 Å². The molecule has 1 aliphatic rings. The van der Waals surface area contributed by atoms with E-state index in [0.717, 1.165) is 36.7 Å². The molecule has 0 radical (unpaired) electrons. The summed E-state index contributed by atoms with van der Waals surface area (Å²) in [6.45, 7) is 2.80. The highest BCUT2D eigenvalue weighted by molar-refractivity contribution is 5.77. The number of rotatable bonds is 7. The van der Waals surface area contributed by atoms with Crippen molar-refractivity contribution in [2.24, 2.45) is 23.9 Å². The predicted molar refractivity (Wildman–Crippen MR) is 111 cm³/mol. The smallest absolute Gasteiger partial charge is 0.232 e. The number of H-pyrrole nitrogens is 1. The molecule has 1 aliphatic carbocycles. The Bertz CT molecular complexity index is 1030. The standard InChI is InChI=1S/C21H24N8O/c1-3-15-7-14(13-30-20-12-24-16(9-22)10-26-20)8-17(15)21-28-27-19(29(21)2)11-25-18-5-4-6-23-18/h4-6,10-12,14-15,17,23H,3,7-8,13H2,1-2H3. The maximum atomic E-state index is 8.81. The molecule has 30 heavy (non-hydrogen) atoms. The molecule has 1 N–H and O–H groups in total. The second-order valence-electron chi connectivity index (χ2n) is 7.56. The van der Waals surface area contributed by atoms with Gasteiger partial charge in [-0.05, 0) is 36.8 Å². The van der Waals surface area contributed by atoms with Crippen molar-refractivity contribution >= 4 is 12.0 Å². The largest absolute Gasteiger partial charge is 0.476 e. The summed E-state index contributed by atoms with van der Waals surface area (Å²) in [5.74, 6) is 4.24. The van der Waals surface area contributed by atoms with E-state index in [-0.39, 0.29) is 5.69 Å². The molecule has 0 aromatic carbocycles. The highest BCUT2D eigenvalue weighted by atomic mass is 16.5. The fraction of sp³-hybridized carbons (Fsp3) is 0.429. The van der Waals surface area contributed by atoms with Crippen LogP contribution in [0.25, 0.3) is 0 Å². The maximum Gasteiger partial charge on any atom is 0.232 e. The zero-order chi connectivity index (χ0) is 20.9. The molecule has 9 heteroatoms. The summed E-state index contributed by atoms with van der Waals surface area (Å²) >= 11 is 0. The van der Waals surface area contributed by atoms with E-state index in [1.54, 1.807) is 6.21 Å². The van der Waals surface area contributed by atoms with Gasteiger partial charge in [-0.25, -0.2) is 15.0 Å². The molecule has 0 saturated heterocycles. The third-order valence-corrected chi connectivity index (χ3v) is 5.70. The monoisotopic (exact) mass is 404 g/mol. The van der Waals surface area contributed by atoms with Gasteiger partial charge >= 0.3 is 0 Å². The highest BCUT2D eigenvalue weighted by Crippen LogP contribution is 2.44. The van der Waals surface area contributed by atoms with E-state index >= 15 is 0 Å². The number of nitrogens with one attached hydrogen (secondary N) is 1. The molecule has 154 valence electrons. The van der Waals surface area contributed by atoms with Crippen molar-refractivity contribution in [3.63, 3.8) is 0 Å². The number of aromatic amines is 1. The van der Waals surface area contributed by atoms with E-state index in [0.29, 0.717) is 30.2 Å². The van der Waals surface area contributed by atoms with Crippen molar-refractivity contribution in [1.29, 1.82) is 5.26 Å². The summed E-state index contributed by atoms with van der Waals surface area (Å²) in [7, 11) is 1.99. The van der Waals surface area contributed by atoms with Crippen LogP contribution in [0.2, 0.25) is 0 Å². The molecule has 0 amide bonds. The van der Waals surface area contributed by atoms with Crippen LogP contribution in [0.3, 0.4) is 0 Å². The fourth-order valence-corrected chi connectivity index (χ4v) is 4.11. The minimum Gasteiger partial charge on any atom is -0.476 e. The molecular weight excluding hydrogens is 380 g/mol. The number of aliphatic imine (C=N–C) groups is 1. The van der Waals surface area contributed by atoms with Gasteiger partial charge in [0.25, 0.3) is 0 Å². The van der Waals surface area contributed by atoms with Gasteiger partial charge in [-0.2, -0.15) is 5.26 Å². The second-order valence-corrected chi connectivity index (χ2v) is 7.56. The van der Waals surface area contributed by atoms with Crippen molar-refractivity contribution in [3.8, 4) is 11.9 Å². The van der Waals surface area contributed by atoms with E-state index in [2.05, 4.69) is 37.1 Å². The van der Waals surface area contributed by atoms with Gasteiger partial charge in [-0.1, -0.05) is 13.3 Å². The number of ether oxygens (including phenoxy) is 1. The van der Waals surface area contributed by atoms with Crippen LogP contribution >= 0.6 is 0 Å². The zero-order valence-electron chi connectivity index (χ0n) is 17.1. The van der Waals surface area contributed by atoms with Gasteiger partial charge in [0.1, 0.15) is 17.7 Å². The highest BCUT2D eigenvalue weighted by Gasteiger charge is 2.37. The van der Waals surface area contributed by atoms with E-state index < -0.39 is 0 Å². The molecule has 9 nitrogen and oxygen atoms in total. The van der Waals surface area contributed by atoms with Crippen molar-refractivity contribution in [2.45, 2.75) is 32.1 Å².